The molecule has 0 amide bonds. The summed E-state index contributed by atoms with van der Waals surface area (Å²) < 4.78 is 9.67. The first-order valence-electron chi connectivity index (χ1n) is 25.9. The molecule has 3 heteroatoms. The van der Waals surface area contributed by atoms with E-state index in [2.05, 4.69) is 262 Å². The molecule has 0 saturated heterocycles. The van der Waals surface area contributed by atoms with Gasteiger partial charge >= 0.3 is 0 Å². The van der Waals surface area contributed by atoms with Crippen molar-refractivity contribution >= 4 is 59.0 Å². The van der Waals surface area contributed by atoms with E-state index in [4.69, 9.17) is 4.42 Å². The number of allylic oxidation sites excluding steroid dienone is 1. The van der Waals surface area contributed by atoms with Crippen LogP contribution in [-0.2, 0) is 0 Å². The largest absolute Gasteiger partial charge is 0.455 e. The fourth-order valence-corrected chi connectivity index (χ4v) is 12.9. The first-order valence-corrected chi connectivity index (χ1v) is 26.7. The molecule has 2 aromatic heterocycles. The maximum atomic E-state index is 7.05. The SMILES string of the molecule is CC[C@H]1/C(c2cccc3sc4ccc(-c5cccc6oc7c(-c8ccc(-c9ccccc9)cc8)cc(-c8ccc(-c9ccccc9)cc8)cc7c56)cc4c23)=C/CC(C)C(c2ccccc2)NC1c1ccccc1. The molecule has 1 N–H and O–H groups in total. The van der Waals surface area contributed by atoms with Crippen molar-refractivity contribution in [1.29, 1.82) is 0 Å². The Labute approximate surface area is 431 Å². The van der Waals surface area contributed by atoms with Crippen LogP contribution in [0, 0.1) is 11.8 Å². The molecule has 0 bridgehead atoms. The van der Waals surface area contributed by atoms with Crippen molar-refractivity contribution in [2.24, 2.45) is 11.8 Å². The van der Waals surface area contributed by atoms with Crippen LogP contribution in [0.5, 0.6) is 0 Å². The lowest BCUT2D eigenvalue weighted by molar-refractivity contribution is 0.299. The Morgan fingerprint density at radius 3 is 1.62 bits per heavy atom. The van der Waals surface area contributed by atoms with Crippen LogP contribution in [0.15, 0.2) is 247 Å². The second-order valence-corrected chi connectivity index (χ2v) is 21.0. The molecule has 0 spiro atoms. The second kappa shape index (κ2) is 19.2. The molecule has 1 aliphatic rings. The number of hydrogen-bond donors (Lipinski definition) is 1. The normalized spacial score (nSPS) is 17.9. The van der Waals surface area contributed by atoms with Gasteiger partial charge in [-0.05, 0) is 127 Å². The van der Waals surface area contributed by atoms with Crippen LogP contribution < -0.4 is 5.32 Å². The van der Waals surface area contributed by atoms with Crippen molar-refractivity contribution in [2.75, 3.05) is 0 Å². The van der Waals surface area contributed by atoms with E-state index in [-0.39, 0.29) is 18.0 Å². The minimum absolute atomic E-state index is 0.131. The van der Waals surface area contributed by atoms with Gasteiger partial charge in [0.05, 0.1) is 0 Å². The number of hydrogen-bond acceptors (Lipinski definition) is 3. The number of furan rings is 1. The second-order valence-electron chi connectivity index (χ2n) is 19.9. The van der Waals surface area contributed by atoms with Crippen LogP contribution in [-0.4, -0.2) is 0 Å². The van der Waals surface area contributed by atoms with Gasteiger partial charge in [-0.1, -0.05) is 220 Å². The van der Waals surface area contributed by atoms with Gasteiger partial charge in [0.1, 0.15) is 11.2 Å². The third-order valence-electron chi connectivity index (χ3n) is 15.5. The summed E-state index contributed by atoms with van der Waals surface area (Å²) in [6, 6.07) is 87.1. The van der Waals surface area contributed by atoms with Gasteiger partial charge in [0.2, 0.25) is 0 Å². The molecule has 0 radical (unpaired) electrons. The summed E-state index contributed by atoms with van der Waals surface area (Å²) in [6.45, 7) is 4.78. The lowest BCUT2D eigenvalue weighted by atomic mass is 9.76. The number of nitrogens with one attached hydrogen (secondary N) is 1. The topological polar surface area (TPSA) is 25.2 Å². The number of thiophene rings is 1. The zero-order valence-electron chi connectivity index (χ0n) is 41.1. The maximum absolute atomic E-state index is 7.05. The van der Waals surface area contributed by atoms with Gasteiger partial charge in [0, 0.05) is 54.5 Å². The number of rotatable bonds is 9. The Morgan fingerprint density at radius 2 is 0.973 bits per heavy atom. The van der Waals surface area contributed by atoms with Gasteiger partial charge in [-0.15, -0.1) is 11.3 Å². The minimum Gasteiger partial charge on any atom is -0.455 e. The van der Waals surface area contributed by atoms with Crippen LogP contribution in [0.4, 0.5) is 0 Å². The molecule has 1 aliphatic heterocycles. The summed E-state index contributed by atoms with van der Waals surface area (Å²) >= 11 is 1.90. The van der Waals surface area contributed by atoms with E-state index in [1.807, 2.05) is 11.3 Å². The van der Waals surface area contributed by atoms with E-state index in [1.165, 1.54) is 75.8 Å². The summed E-state index contributed by atoms with van der Waals surface area (Å²) in [6.07, 6.45) is 4.59. The highest BCUT2D eigenvalue weighted by molar-refractivity contribution is 7.25. The van der Waals surface area contributed by atoms with E-state index < -0.39 is 0 Å². The molecule has 0 fully saturated rings. The van der Waals surface area contributed by atoms with Gasteiger partial charge in [-0.3, -0.25) is 0 Å². The van der Waals surface area contributed by atoms with Crippen molar-refractivity contribution in [1.82, 2.24) is 5.32 Å². The van der Waals surface area contributed by atoms with Crippen molar-refractivity contribution < 1.29 is 4.42 Å². The quantitative estimate of drug-likeness (QED) is 0.156. The third kappa shape index (κ3) is 8.29. The average Bonchev–Trinajstić information content (AvgIpc) is 4.04. The van der Waals surface area contributed by atoms with E-state index in [0.717, 1.165) is 57.0 Å². The third-order valence-corrected chi connectivity index (χ3v) is 16.7. The van der Waals surface area contributed by atoms with Gasteiger partial charge in [-0.2, -0.15) is 0 Å². The predicted molar refractivity (Wildman–Crippen MR) is 311 cm³/mol. The average molecular weight is 958 g/mol. The number of fused-ring (bicyclic) bond motifs is 6. The Bertz CT molecular complexity index is 3950. The molecule has 2 nitrogen and oxygen atoms in total. The van der Waals surface area contributed by atoms with Gasteiger partial charge in [-0.25, -0.2) is 0 Å². The zero-order chi connectivity index (χ0) is 48.8. The van der Waals surface area contributed by atoms with Crippen molar-refractivity contribution in [3.8, 4) is 55.6 Å². The fourth-order valence-electron chi connectivity index (χ4n) is 11.8. The maximum Gasteiger partial charge on any atom is 0.143 e. The Kier molecular flexibility index (Phi) is 11.8. The molecule has 0 saturated carbocycles. The van der Waals surface area contributed by atoms with Crippen LogP contribution in [0.1, 0.15) is 55.5 Å². The van der Waals surface area contributed by atoms with E-state index in [1.54, 1.807) is 0 Å². The van der Waals surface area contributed by atoms with Crippen molar-refractivity contribution in [2.45, 2.75) is 38.8 Å². The van der Waals surface area contributed by atoms with Crippen LogP contribution >= 0.6 is 11.3 Å². The lowest BCUT2D eigenvalue weighted by Crippen LogP contribution is -2.36. The van der Waals surface area contributed by atoms with E-state index in [9.17, 15) is 0 Å². The minimum atomic E-state index is 0.131. The molecular weight excluding hydrogens is 903 g/mol. The summed E-state index contributed by atoms with van der Waals surface area (Å²) in [4.78, 5) is 0. The summed E-state index contributed by atoms with van der Waals surface area (Å²) in [5.74, 6) is 0.642. The highest BCUT2D eigenvalue weighted by atomic mass is 32.1. The van der Waals surface area contributed by atoms with E-state index >= 15 is 0 Å². The van der Waals surface area contributed by atoms with Crippen LogP contribution in [0.2, 0.25) is 0 Å². The zero-order valence-corrected chi connectivity index (χ0v) is 42.0. The monoisotopic (exact) mass is 957 g/mol. The fraction of sp³-hybridized carbons (Fsp3) is 0.114. The highest BCUT2D eigenvalue weighted by Gasteiger charge is 2.33. The predicted octanol–water partition coefficient (Wildman–Crippen LogP) is 19.8. The number of benzene rings is 10. The van der Waals surface area contributed by atoms with E-state index in [0.29, 0.717) is 5.92 Å². The summed E-state index contributed by atoms with van der Waals surface area (Å²) in [5, 5.41) is 9.17. The molecule has 352 valence electrons. The Balaban J connectivity index is 0.968. The highest BCUT2D eigenvalue weighted by Crippen LogP contribution is 2.49. The van der Waals surface area contributed by atoms with Crippen molar-refractivity contribution in [3.05, 3.63) is 259 Å². The summed E-state index contributed by atoms with van der Waals surface area (Å²) in [7, 11) is 0. The standard InChI is InChI=1S/C70H55NOS/c1-3-56-58(40-30-45(2)68(52-22-12-6-13-23-52)71-69(56)53-24-14-7-15-25-53)59-27-17-29-65-67(59)61-42-54(39-41-64(61)73-65)57-26-16-28-63-66(57)62-44-55(50-33-31-48(32-34-50)46-18-8-4-9-19-46)43-60(70(62)72-63)51-37-35-49(36-38-51)47-20-10-5-11-21-47/h4-29,31-45,56,68-69,71H,3,30H2,1-2H3/b58-40-/t45?,56-,68?,69?/m0/s1. The smallest absolute Gasteiger partial charge is 0.143 e. The van der Waals surface area contributed by atoms with Crippen molar-refractivity contribution in [3.63, 3.8) is 0 Å². The molecule has 73 heavy (non-hydrogen) atoms. The molecule has 0 aliphatic carbocycles. The molecule has 4 atom stereocenters. The first-order chi connectivity index (χ1) is 36.1. The van der Waals surface area contributed by atoms with Crippen LogP contribution in [0.25, 0.3) is 103 Å². The van der Waals surface area contributed by atoms with Crippen LogP contribution in [0.3, 0.4) is 0 Å². The molecule has 13 rings (SSSR count). The van der Waals surface area contributed by atoms with Gasteiger partial charge in [0.25, 0.3) is 0 Å². The molecule has 3 unspecified atom stereocenters. The summed E-state index contributed by atoms with van der Waals surface area (Å²) in [5.41, 5.74) is 18.9. The Hall–Kier alpha value is -8.08. The van der Waals surface area contributed by atoms with Gasteiger partial charge < -0.3 is 9.73 Å². The molecule has 12 aromatic rings. The lowest BCUT2D eigenvalue weighted by Gasteiger charge is -2.38. The molecule has 10 aromatic carbocycles. The van der Waals surface area contributed by atoms with Gasteiger partial charge in [0.15, 0.2) is 0 Å². The Morgan fingerprint density at radius 1 is 0.438 bits per heavy atom. The molecule has 3 heterocycles. The molecular formula is C70H55NOS. The first kappa shape index (κ1) is 44.8.